The number of nitrogens with zero attached hydrogens (tertiary/aromatic N) is 4. The van der Waals surface area contributed by atoms with Crippen LogP contribution in [0.3, 0.4) is 0 Å². The molecule has 134 valence electrons. The minimum Gasteiger partial charge on any atom is -0.457 e. The molecule has 0 aliphatic heterocycles. The van der Waals surface area contributed by atoms with E-state index in [1.54, 1.807) is 16.8 Å². The summed E-state index contributed by atoms with van der Waals surface area (Å²) in [6.07, 6.45) is 1.83. The van der Waals surface area contributed by atoms with Crippen LogP contribution in [0.25, 0.3) is 11.3 Å². The van der Waals surface area contributed by atoms with Crippen molar-refractivity contribution in [1.82, 2.24) is 20.0 Å². The largest absolute Gasteiger partial charge is 0.457 e. The first-order chi connectivity index (χ1) is 13.2. The molecule has 0 unspecified atom stereocenters. The number of hydrogen-bond donors (Lipinski definition) is 2. The number of para-hydroxylation sites is 1. The lowest BCUT2D eigenvalue weighted by Crippen LogP contribution is -2.00. The zero-order valence-corrected chi connectivity index (χ0v) is 14.5. The van der Waals surface area contributed by atoms with E-state index in [2.05, 4.69) is 15.3 Å². The monoisotopic (exact) mass is 358 g/mol. The average molecular weight is 358 g/mol. The van der Waals surface area contributed by atoms with Gasteiger partial charge in [-0.3, -0.25) is 0 Å². The fourth-order valence-electron chi connectivity index (χ4n) is 2.73. The summed E-state index contributed by atoms with van der Waals surface area (Å²) >= 11 is 0. The number of nitrogens with two attached hydrogens (primary N) is 2. The second-order valence-electron chi connectivity index (χ2n) is 6.03. The number of nitrogen functional groups attached to an aromatic ring is 2. The normalized spacial score (nSPS) is 10.7. The summed E-state index contributed by atoms with van der Waals surface area (Å²) < 4.78 is 7.62. The minimum absolute atomic E-state index is 0.334. The van der Waals surface area contributed by atoms with Gasteiger partial charge in [0.05, 0.1) is 12.7 Å². The molecule has 4 N–H and O–H groups in total. The fourth-order valence-corrected chi connectivity index (χ4v) is 2.73. The first-order valence-corrected chi connectivity index (χ1v) is 8.42. The smallest absolute Gasteiger partial charge is 0.135 e. The predicted molar refractivity (Wildman–Crippen MR) is 104 cm³/mol. The SMILES string of the molecule is Nc1ccc(-c2cn(Cc3cccc(Oc4ccccc4)c3)nn2)c(N)n1. The maximum absolute atomic E-state index is 5.92. The first-order valence-electron chi connectivity index (χ1n) is 8.42. The second kappa shape index (κ2) is 7.17. The van der Waals surface area contributed by atoms with Crippen LogP contribution in [0.2, 0.25) is 0 Å². The van der Waals surface area contributed by atoms with E-state index in [1.165, 1.54) is 0 Å². The minimum atomic E-state index is 0.334. The van der Waals surface area contributed by atoms with Crippen molar-refractivity contribution in [3.8, 4) is 22.8 Å². The molecule has 4 aromatic rings. The highest BCUT2D eigenvalue weighted by atomic mass is 16.5. The maximum atomic E-state index is 5.92. The van der Waals surface area contributed by atoms with Crippen molar-refractivity contribution >= 4 is 11.6 Å². The van der Waals surface area contributed by atoms with E-state index < -0.39 is 0 Å². The van der Waals surface area contributed by atoms with Gasteiger partial charge in [0.1, 0.15) is 28.8 Å². The Morgan fingerprint density at radius 1 is 0.889 bits per heavy atom. The molecule has 0 bridgehead atoms. The number of hydrogen-bond acceptors (Lipinski definition) is 6. The molecule has 7 nitrogen and oxygen atoms in total. The van der Waals surface area contributed by atoms with E-state index in [0.717, 1.165) is 17.1 Å². The molecule has 7 heteroatoms. The molecule has 2 heterocycles. The van der Waals surface area contributed by atoms with E-state index in [-0.39, 0.29) is 0 Å². The lowest BCUT2D eigenvalue weighted by molar-refractivity contribution is 0.481. The van der Waals surface area contributed by atoms with E-state index >= 15 is 0 Å². The first kappa shape index (κ1) is 16.6. The molecular weight excluding hydrogens is 340 g/mol. The Balaban J connectivity index is 1.51. The molecule has 0 fully saturated rings. The highest BCUT2D eigenvalue weighted by molar-refractivity contribution is 5.71. The molecule has 2 aromatic carbocycles. The Morgan fingerprint density at radius 2 is 1.70 bits per heavy atom. The highest BCUT2D eigenvalue weighted by Crippen LogP contribution is 2.24. The Labute approximate surface area is 156 Å². The second-order valence-corrected chi connectivity index (χ2v) is 6.03. The quantitative estimate of drug-likeness (QED) is 0.567. The van der Waals surface area contributed by atoms with Crippen molar-refractivity contribution in [2.75, 3.05) is 11.5 Å². The zero-order valence-electron chi connectivity index (χ0n) is 14.5. The van der Waals surface area contributed by atoms with Crippen molar-refractivity contribution in [2.24, 2.45) is 0 Å². The van der Waals surface area contributed by atoms with Crippen LogP contribution >= 0.6 is 0 Å². The molecule has 0 atom stereocenters. The van der Waals surface area contributed by atoms with Crippen LogP contribution < -0.4 is 16.2 Å². The van der Waals surface area contributed by atoms with Crippen LogP contribution in [0.1, 0.15) is 5.56 Å². The summed E-state index contributed by atoms with van der Waals surface area (Å²) in [5.41, 5.74) is 14.0. The van der Waals surface area contributed by atoms with Crippen LogP contribution in [0, 0.1) is 0 Å². The fraction of sp³-hybridized carbons (Fsp3) is 0.0500. The molecule has 0 aliphatic rings. The molecule has 0 aliphatic carbocycles. The Bertz CT molecular complexity index is 1060. The molecule has 0 radical (unpaired) electrons. The molecule has 0 saturated carbocycles. The van der Waals surface area contributed by atoms with Gasteiger partial charge in [-0.05, 0) is 42.0 Å². The molecule has 0 amide bonds. The van der Waals surface area contributed by atoms with Gasteiger partial charge in [0.15, 0.2) is 0 Å². The third-order valence-corrected chi connectivity index (χ3v) is 3.98. The van der Waals surface area contributed by atoms with Gasteiger partial charge in [0, 0.05) is 5.56 Å². The van der Waals surface area contributed by atoms with Gasteiger partial charge in [0.2, 0.25) is 0 Å². The standard InChI is InChI=1S/C20H18N6O/c21-19-10-9-17(20(22)23-19)18-13-26(25-24-18)12-14-5-4-8-16(11-14)27-15-6-2-1-3-7-15/h1-11,13H,12H2,(H4,21,22,23). The summed E-state index contributed by atoms with van der Waals surface area (Å²) in [5.74, 6) is 2.27. The molecule has 27 heavy (non-hydrogen) atoms. The topological polar surface area (TPSA) is 105 Å². The average Bonchev–Trinajstić information content (AvgIpc) is 3.11. The van der Waals surface area contributed by atoms with Crippen molar-refractivity contribution < 1.29 is 4.74 Å². The van der Waals surface area contributed by atoms with E-state index in [9.17, 15) is 0 Å². The maximum Gasteiger partial charge on any atom is 0.135 e. The Kier molecular flexibility index (Phi) is 4.40. The molecule has 0 spiro atoms. The van der Waals surface area contributed by atoms with Crippen LogP contribution in [-0.2, 0) is 6.54 Å². The van der Waals surface area contributed by atoms with Crippen molar-refractivity contribution in [2.45, 2.75) is 6.54 Å². The number of aromatic nitrogens is 4. The van der Waals surface area contributed by atoms with Crippen LogP contribution in [-0.4, -0.2) is 20.0 Å². The van der Waals surface area contributed by atoms with Crippen LogP contribution in [0.5, 0.6) is 11.5 Å². The van der Waals surface area contributed by atoms with Gasteiger partial charge in [-0.15, -0.1) is 5.10 Å². The Morgan fingerprint density at radius 3 is 2.52 bits per heavy atom. The van der Waals surface area contributed by atoms with Crippen molar-refractivity contribution in [1.29, 1.82) is 0 Å². The number of benzene rings is 2. The lowest BCUT2D eigenvalue weighted by atomic mass is 10.2. The van der Waals surface area contributed by atoms with Gasteiger partial charge >= 0.3 is 0 Å². The summed E-state index contributed by atoms with van der Waals surface area (Å²) in [6.45, 7) is 0.557. The number of pyridine rings is 1. The summed E-state index contributed by atoms with van der Waals surface area (Å²) in [6, 6.07) is 21.0. The van der Waals surface area contributed by atoms with Crippen molar-refractivity contribution in [3.05, 3.63) is 78.5 Å². The van der Waals surface area contributed by atoms with Gasteiger partial charge in [-0.25, -0.2) is 9.67 Å². The van der Waals surface area contributed by atoms with Gasteiger partial charge in [0.25, 0.3) is 0 Å². The summed E-state index contributed by atoms with van der Waals surface area (Å²) in [7, 11) is 0. The van der Waals surface area contributed by atoms with Gasteiger partial charge < -0.3 is 16.2 Å². The molecule has 4 rings (SSSR count). The van der Waals surface area contributed by atoms with E-state index in [0.29, 0.717) is 29.4 Å². The number of ether oxygens (including phenoxy) is 1. The Hall–Kier alpha value is -3.87. The summed E-state index contributed by atoms with van der Waals surface area (Å²) in [4.78, 5) is 4.06. The predicted octanol–water partition coefficient (Wildman–Crippen LogP) is 3.35. The number of rotatable bonds is 5. The summed E-state index contributed by atoms with van der Waals surface area (Å²) in [5, 5.41) is 8.36. The molecule has 0 saturated heterocycles. The van der Waals surface area contributed by atoms with Gasteiger partial charge in [-0.1, -0.05) is 35.5 Å². The third kappa shape index (κ3) is 3.87. The third-order valence-electron chi connectivity index (χ3n) is 3.98. The van der Waals surface area contributed by atoms with Crippen molar-refractivity contribution in [3.63, 3.8) is 0 Å². The van der Waals surface area contributed by atoms with Crippen LogP contribution in [0.4, 0.5) is 11.6 Å². The van der Waals surface area contributed by atoms with E-state index in [4.69, 9.17) is 16.2 Å². The number of anilines is 2. The van der Waals surface area contributed by atoms with Crippen LogP contribution in [0.15, 0.2) is 72.9 Å². The van der Waals surface area contributed by atoms with Gasteiger partial charge in [-0.2, -0.15) is 0 Å². The van der Waals surface area contributed by atoms with E-state index in [1.807, 2.05) is 60.8 Å². The zero-order chi connectivity index (χ0) is 18.6. The molecular formula is C20H18N6O. The highest BCUT2D eigenvalue weighted by Gasteiger charge is 2.09. The lowest BCUT2D eigenvalue weighted by Gasteiger charge is -2.07. The molecule has 2 aromatic heterocycles.